The van der Waals surface area contributed by atoms with Gasteiger partial charge in [-0.1, -0.05) is 6.07 Å². The topological polar surface area (TPSA) is 53.9 Å². The Hall–Kier alpha value is -2.01. The predicted molar refractivity (Wildman–Crippen MR) is 75.0 cm³/mol. The molecule has 5 nitrogen and oxygen atoms in total. The molecule has 2 aromatic heterocycles. The monoisotopic (exact) mass is 255 g/mol. The smallest absolute Gasteiger partial charge is 0.132 e. The molecule has 0 aliphatic carbocycles. The Morgan fingerprint density at radius 1 is 1.00 bits per heavy atom. The van der Waals surface area contributed by atoms with Crippen LogP contribution in [0.5, 0.6) is 0 Å². The van der Waals surface area contributed by atoms with E-state index in [0.29, 0.717) is 0 Å². The summed E-state index contributed by atoms with van der Waals surface area (Å²) in [6, 6.07) is 7.87. The third kappa shape index (κ3) is 2.88. The van der Waals surface area contributed by atoms with Crippen LogP contribution in [-0.2, 0) is 0 Å². The molecule has 98 valence electrons. The first-order valence-electron chi connectivity index (χ1n) is 6.62. The van der Waals surface area contributed by atoms with E-state index in [9.17, 15) is 0 Å². The van der Waals surface area contributed by atoms with Gasteiger partial charge in [-0.15, -0.1) is 0 Å². The summed E-state index contributed by atoms with van der Waals surface area (Å²) >= 11 is 0. The van der Waals surface area contributed by atoms with E-state index in [0.717, 1.165) is 49.8 Å². The fraction of sp³-hybridized carbons (Fsp3) is 0.357. The molecule has 5 heteroatoms. The normalized spacial score (nSPS) is 16.1. The minimum atomic E-state index is 0.878. The van der Waals surface area contributed by atoms with E-state index >= 15 is 0 Å². The Morgan fingerprint density at radius 2 is 2.00 bits per heavy atom. The molecule has 0 atom stereocenters. The quantitative estimate of drug-likeness (QED) is 0.877. The van der Waals surface area contributed by atoms with Crippen LogP contribution in [0.1, 0.15) is 6.42 Å². The van der Waals surface area contributed by atoms with Crippen molar-refractivity contribution in [3.8, 4) is 11.4 Å². The first-order chi connectivity index (χ1) is 9.43. The van der Waals surface area contributed by atoms with Crippen LogP contribution in [0.4, 0.5) is 5.82 Å². The number of rotatable bonds is 2. The van der Waals surface area contributed by atoms with E-state index in [2.05, 4.69) is 25.2 Å². The lowest BCUT2D eigenvalue weighted by Crippen LogP contribution is -2.28. The maximum absolute atomic E-state index is 4.39. The van der Waals surface area contributed by atoms with Crippen LogP contribution in [0.2, 0.25) is 0 Å². The van der Waals surface area contributed by atoms with E-state index in [4.69, 9.17) is 0 Å². The van der Waals surface area contributed by atoms with Gasteiger partial charge in [-0.05, 0) is 25.1 Å². The summed E-state index contributed by atoms with van der Waals surface area (Å²) in [6.45, 7) is 4.10. The van der Waals surface area contributed by atoms with Gasteiger partial charge in [0.1, 0.15) is 12.1 Å². The highest BCUT2D eigenvalue weighted by molar-refractivity contribution is 5.58. The van der Waals surface area contributed by atoms with Crippen molar-refractivity contribution in [1.82, 2.24) is 20.3 Å². The van der Waals surface area contributed by atoms with Crippen LogP contribution in [0.3, 0.4) is 0 Å². The van der Waals surface area contributed by atoms with Gasteiger partial charge in [0.15, 0.2) is 0 Å². The first-order valence-corrected chi connectivity index (χ1v) is 6.62. The van der Waals surface area contributed by atoms with E-state index in [1.165, 1.54) is 0 Å². The van der Waals surface area contributed by atoms with Crippen LogP contribution >= 0.6 is 0 Å². The summed E-state index contributed by atoms with van der Waals surface area (Å²) in [5.41, 5.74) is 1.77. The highest BCUT2D eigenvalue weighted by Gasteiger charge is 2.12. The fourth-order valence-corrected chi connectivity index (χ4v) is 2.25. The molecule has 1 aliphatic rings. The minimum absolute atomic E-state index is 0.878. The summed E-state index contributed by atoms with van der Waals surface area (Å²) in [4.78, 5) is 15.3. The van der Waals surface area contributed by atoms with Crippen molar-refractivity contribution in [2.75, 3.05) is 31.1 Å². The van der Waals surface area contributed by atoms with Gasteiger partial charge in [0, 0.05) is 31.9 Å². The Morgan fingerprint density at radius 3 is 2.89 bits per heavy atom. The molecule has 0 aromatic carbocycles. The second kappa shape index (κ2) is 5.75. The molecule has 1 saturated heterocycles. The molecule has 0 unspecified atom stereocenters. The number of pyridine rings is 1. The minimum Gasteiger partial charge on any atom is -0.355 e. The molecular weight excluding hydrogens is 238 g/mol. The molecule has 0 spiro atoms. The summed E-state index contributed by atoms with van der Waals surface area (Å²) in [7, 11) is 0. The van der Waals surface area contributed by atoms with Gasteiger partial charge in [-0.3, -0.25) is 4.98 Å². The summed E-state index contributed by atoms with van der Waals surface area (Å²) in [5, 5.41) is 3.40. The number of anilines is 1. The second-order valence-electron chi connectivity index (χ2n) is 4.57. The molecule has 0 radical (unpaired) electrons. The van der Waals surface area contributed by atoms with Gasteiger partial charge in [-0.25, -0.2) is 9.97 Å². The van der Waals surface area contributed by atoms with E-state index in [-0.39, 0.29) is 0 Å². The maximum atomic E-state index is 4.39. The van der Waals surface area contributed by atoms with Gasteiger partial charge in [0.2, 0.25) is 0 Å². The van der Waals surface area contributed by atoms with Crippen molar-refractivity contribution in [3.05, 3.63) is 36.8 Å². The zero-order valence-electron chi connectivity index (χ0n) is 10.8. The number of aromatic nitrogens is 3. The summed E-state index contributed by atoms with van der Waals surface area (Å²) in [6.07, 6.45) is 4.55. The average molecular weight is 255 g/mol. The van der Waals surface area contributed by atoms with Gasteiger partial charge < -0.3 is 10.2 Å². The SMILES string of the molecule is c1ccc(-c2cc(N3CCCNCC3)ncn2)nc1. The number of nitrogens with zero attached hydrogens (tertiary/aromatic N) is 4. The average Bonchev–Trinajstić information content (AvgIpc) is 2.77. The molecule has 1 fully saturated rings. The number of hydrogen-bond donors (Lipinski definition) is 1. The lowest BCUT2D eigenvalue weighted by molar-refractivity contribution is 0.724. The van der Waals surface area contributed by atoms with Crippen molar-refractivity contribution in [2.24, 2.45) is 0 Å². The Balaban J connectivity index is 1.87. The zero-order chi connectivity index (χ0) is 12.9. The van der Waals surface area contributed by atoms with Gasteiger partial charge in [0.25, 0.3) is 0 Å². The molecule has 3 rings (SSSR count). The molecule has 3 heterocycles. The summed E-state index contributed by atoms with van der Waals surface area (Å²) < 4.78 is 0. The molecule has 0 bridgehead atoms. The van der Waals surface area contributed by atoms with E-state index in [1.807, 2.05) is 24.3 Å². The van der Waals surface area contributed by atoms with Gasteiger partial charge in [-0.2, -0.15) is 0 Å². The van der Waals surface area contributed by atoms with Crippen molar-refractivity contribution < 1.29 is 0 Å². The predicted octanol–water partition coefficient (Wildman–Crippen LogP) is 1.34. The molecular formula is C14H17N5. The van der Waals surface area contributed by atoms with Crippen molar-refractivity contribution in [1.29, 1.82) is 0 Å². The second-order valence-corrected chi connectivity index (χ2v) is 4.57. The standard InChI is InChI=1S/C14H17N5/c1-2-6-16-12(4-1)13-10-14(18-11-17-13)19-8-3-5-15-7-9-19/h1-2,4,6,10-11,15H,3,5,7-9H2. The molecule has 0 saturated carbocycles. The van der Waals surface area contributed by atoms with Crippen LogP contribution in [0, 0.1) is 0 Å². The van der Waals surface area contributed by atoms with Crippen molar-refractivity contribution in [2.45, 2.75) is 6.42 Å². The summed E-state index contributed by atoms with van der Waals surface area (Å²) in [5.74, 6) is 0.986. The molecule has 0 amide bonds. The molecule has 1 N–H and O–H groups in total. The third-order valence-corrected chi connectivity index (χ3v) is 3.24. The Bertz CT molecular complexity index is 520. The van der Waals surface area contributed by atoms with Crippen LogP contribution < -0.4 is 10.2 Å². The van der Waals surface area contributed by atoms with Crippen LogP contribution in [0.25, 0.3) is 11.4 Å². The first kappa shape index (κ1) is 12.0. The largest absolute Gasteiger partial charge is 0.355 e. The maximum Gasteiger partial charge on any atom is 0.132 e. The lowest BCUT2D eigenvalue weighted by atomic mass is 10.2. The van der Waals surface area contributed by atoms with Crippen molar-refractivity contribution in [3.63, 3.8) is 0 Å². The van der Waals surface area contributed by atoms with E-state index in [1.54, 1.807) is 12.5 Å². The van der Waals surface area contributed by atoms with Crippen LogP contribution in [-0.4, -0.2) is 41.1 Å². The fourth-order valence-electron chi connectivity index (χ4n) is 2.25. The zero-order valence-corrected chi connectivity index (χ0v) is 10.8. The highest BCUT2D eigenvalue weighted by atomic mass is 15.2. The highest BCUT2D eigenvalue weighted by Crippen LogP contribution is 2.18. The Kier molecular flexibility index (Phi) is 3.65. The molecule has 1 aliphatic heterocycles. The van der Waals surface area contributed by atoms with Gasteiger partial charge >= 0.3 is 0 Å². The number of hydrogen-bond acceptors (Lipinski definition) is 5. The van der Waals surface area contributed by atoms with E-state index < -0.39 is 0 Å². The third-order valence-electron chi connectivity index (χ3n) is 3.24. The van der Waals surface area contributed by atoms with Crippen molar-refractivity contribution >= 4 is 5.82 Å². The molecule has 19 heavy (non-hydrogen) atoms. The Labute approximate surface area is 112 Å². The van der Waals surface area contributed by atoms with Crippen LogP contribution in [0.15, 0.2) is 36.8 Å². The molecule has 2 aromatic rings. The lowest BCUT2D eigenvalue weighted by Gasteiger charge is -2.21. The van der Waals surface area contributed by atoms with Gasteiger partial charge in [0.05, 0.1) is 11.4 Å². The number of nitrogens with one attached hydrogen (secondary N) is 1.